The number of hydrogen-bond donors (Lipinski definition) is 2. The van der Waals surface area contributed by atoms with Crippen molar-refractivity contribution >= 4 is 30.7 Å². The number of pyridine rings is 1. The van der Waals surface area contributed by atoms with E-state index in [-0.39, 0.29) is 36.6 Å². The van der Waals surface area contributed by atoms with E-state index in [4.69, 9.17) is 5.10 Å². The molecular formula is C20H23Cl2N5O. The Bertz CT molecular complexity index is 880. The molecule has 0 saturated carbocycles. The molecule has 3 aromatic rings. The highest BCUT2D eigenvalue weighted by Crippen LogP contribution is 2.23. The lowest BCUT2D eigenvalue weighted by molar-refractivity contribution is -0.124. The topological polar surface area (TPSA) is 71.8 Å². The van der Waals surface area contributed by atoms with E-state index < -0.39 is 0 Å². The molecule has 0 aliphatic carbocycles. The van der Waals surface area contributed by atoms with Gasteiger partial charge in [-0.3, -0.25) is 9.78 Å². The Labute approximate surface area is 176 Å². The van der Waals surface area contributed by atoms with Crippen molar-refractivity contribution < 1.29 is 4.79 Å². The molecular weight excluding hydrogens is 397 g/mol. The van der Waals surface area contributed by atoms with Crippen molar-refractivity contribution in [3.63, 3.8) is 0 Å². The van der Waals surface area contributed by atoms with Gasteiger partial charge < -0.3 is 10.6 Å². The average molecular weight is 420 g/mol. The summed E-state index contributed by atoms with van der Waals surface area (Å²) in [5.41, 5.74) is 3.82. The van der Waals surface area contributed by atoms with Crippen molar-refractivity contribution in [1.82, 2.24) is 25.4 Å². The summed E-state index contributed by atoms with van der Waals surface area (Å²) in [7, 11) is 0. The van der Waals surface area contributed by atoms with Crippen molar-refractivity contribution in [2.45, 2.75) is 13.0 Å². The smallest absolute Gasteiger partial charge is 0.224 e. The van der Waals surface area contributed by atoms with Crippen LogP contribution in [-0.2, 0) is 11.3 Å². The Morgan fingerprint density at radius 3 is 2.57 bits per heavy atom. The molecule has 28 heavy (non-hydrogen) atoms. The molecule has 148 valence electrons. The van der Waals surface area contributed by atoms with E-state index >= 15 is 0 Å². The van der Waals surface area contributed by atoms with Crippen LogP contribution in [0.5, 0.6) is 0 Å². The summed E-state index contributed by atoms with van der Waals surface area (Å²) in [5.74, 6) is 0.159. The number of carbonyl (C=O) groups excluding carboxylic acids is 1. The second-order valence-electron chi connectivity index (χ2n) is 6.43. The normalized spacial score (nSPS) is 15.4. The molecule has 1 amide bonds. The Balaban J connectivity index is 0.00000140. The van der Waals surface area contributed by atoms with Crippen LogP contribution in [0.4, 0.5) is 0 Å². The highest BCUT2D eigenvalue weighted by atomic mass is 35.5. The van der Waals surface area contributed by atoms with E-state index in [1.54, 1.807) is 12.4 Å². The molecule has 8 heteroatoms. The van der Waals surface area contributed by atoms with Crippen molar-refractivity contribution in [3.8, 4) is 16.9 Å². The minimum absolute atomic E-state index is 0. The number of nitrogens with one attached hydrogen (secondary N) is 2. The molecule has 1 fully saturated rings. The van der Waals surface area contributed by atoms with Crippen molar-refractivity contribution in [2.24, 2.45) is 5.92 Å². The molecule has 2 N–H and O–H groups in total. The third-order valence-electron chi connectivity index (χ3n) is 4.65. The summed E-state index contributed by atoms with van der Waals surface area (Å²) >= 11 is 0. The Morgan fingerprint density at radius 1 is 1.14 bits per heavy atom. The van der Waals surface area contributed by atoms with Crippen LogP contribution in [-0.4, -0.2) is 33.8 Å². The molecule has 6 nitrogen and oxygen atoms in total. The minimum atomic E-state index is 0. The molecule has 2 aromatic heterocycles. The molecule has 1 aliphatic rings. The molecule has 1 atom stereocenters. The lowest BCUT2D eigenvalue weighted by Crippen LogP contribution is -2.31. The van der Waals surface area contributed by atoms with Gasteiger partial charge in [0.15, 0.2) is 0 Å². The maximum atomic E-state index is 12.4. The summed E-state index contributed by atoms with van der Waals surface area (Å²) in [6.45, 7) is 2.12. The molecule has 0 bridgehead atoms. The highest BCUT2D eigenvalue weighted by Gasteiger charge is 2.22. The first-order valence-corrected chi connectivity index (χ1v) is 8.84. The van der Waals surface area contributed by atoms with Gasteiger partial charge in [0.2, 0.25) is 5.91 Å². The van der Waals surface area contributed by atoms with Crippen LogP contribution in [0.25, 0.3) is 16.9 Å². The van der Waals surface area contributed by atoms with Crippen LogP contribution in [0.1, 0.15) is 12.0 Å². The van der Waals surface area contributed by atoms with Gasteiger partial charge in [-0.05, 0) is 37.2 Å². The number of amides is 1. The van der Waals surface area contributed by atoms with Gasteiger partial charge in [-0.15, -0.1) is 24.8 Å². The van der Waals surface area contributed by atoms with E-state index in [2.05, 4.69) is 15.6 Å². The largest absolute Gasteiger partial charge is 0.352 e. The lowest BCUT2D eigenvalue weighted by atomic mass is 10.1. The van der Waals surface area contributed by atoms with Gasteiger partial charge in [-0.2, -0.15) is 5.10 Å². The molecule has 0 radical (unpaired) electrons. The second kappa shape index (κ2) is 10.2. The van der Waals surface area contributed by atoms with Crippen molar-refractivity contribution in [2.75, 3.05) is 13.1 Å². The van der Waals surface area contributed by atoms with Gasteiger partial charge >= 0.3 is 0 Å². The molecule has 1 saturated heterocycles. The van der Waals surface area contributed by atoms with Gasteiger partial charge in [-0.25, -0.2) is 4.68 Å². The maximum Gasteiger partial charge on any atom is 0.224 e. The summed E-state index contributed by atoms with van der Waals surface area (Å²) in [6, 6.07) is 13.8. The zero-order chi connectivity index (χ0) is 17.8. The van der Waals surface area contributed by atoms with Crippen molar-refractivity contribution in [3.05, 3.63) is 66.6 Å². The molecule has 4 rings (SSSR count). The predicted molar refractivity (Wildman–Crippen MR) is 114 cm³/mol. The van der Waals surface area contributed by atoms with Gasteiger partial charge in [0.25, 0.3) is 0 Å². The minimum Gasteiger partial charge on any atom is -0.352 e. The lowest BCUT2D eigenvalue weighted by Gasteiger charge is -2.09. The monoisotopic (exact) mass is 419 g/mol. The number of nitrogens with zero attached hydrogens (tertiary/aromatic N) is 3. The number of benzene rings is 1. The van der Waals surface area contributed by atoms with Crippen LogP contribution in [0.3, 0.4) is 0 Å². The molecule has 0 spiro atoms. The zero-order valence-corrected chi connectivity index (χ0v) is 16.9. The van der Waals surface area contributed by atoms with Gasteiger partial charge in [0.1, 0.15) is 0 Å². The van der Waals surface area contributed by atoms with E-state index in [0.29, 0.717) is 6.54 Å². The van der Waals surface area contributed by atoms with E-state index in [1.165, 1.54) is 0 Å². The Morgan fingerprint density at radius 2 is 1.89 bits per heavy atom. The summed E-state index contributed by atoms with van der Waals surface area (Å²) < 4.78 is 1.86. The standard InChI is InChI=1S/C20H21N5O.2ClH/c26-20(16-8-11-22-12-16)23-13-17-14-25(18-4-2-1-3-5-18)24-19(17)15-6-9-21-10-7-15;;/h1-7,9-10,14,16,22H,8,11-13H2,(H,23,26);2*1H. The first-order valence-electron chi connectivity index (χ1n) is 8.84. The third kappa shape index (κ3) is 4.90. The SMILES string of the molecule is Cl.Cl.O=C(NCc1cn(-c2ccccc2)nc1-c1ccncc1)C1CCNC1. The van der Waals surface area contributed by atoms with Gasteiger partial charge in [0, 0.05) is 42.8 Å². The number of aromatic nitrogens is 3. The van der Waals surface area contributed by atoms with E-state index in [0.717, 1.165) is 42.0 Å². The first kappa shape index (κ1) is 21.9. The summed E-state index contributed by atoms with van der Waals surface area (Å²) in [5, 5.41) is 11.0. The van der Waals surface area contributed by atoms with E-state index in [1.807, 2.05) is 53.3 Å². The fourth-order valence-corrected chi connectivity index (χ4v) is 3.21. The second-order valence-corrected chi connectivity index (χ2v) is 6.43. The third-order valence-corrected chi connectivity index (χ3v) is 4.65. The first-order chi connectivity index (χ1) is 12.8. The van der Waals surface area contributed by atoms with Crippen LogP contribution in [0, 0.1) is 5.92 Å². The molecule has 1 aliphatic heterocycles. The number of carbonyl (C=O) groups is 1. The number of halogens is 2. The van der Waals surface area contributed by atoms with Crippen LogP contribution in [0.15, 0.2) is 61.1 Å². The number of para-hydroxylation sites is 1. The highest BCUT2D eigenvalue weighted by molar-refractivity contribution is 5.85. The van der Waals surface area contributed by atoms with Crippen LogP contribution < -0.4 is 10.6 Å². The fourth-order valence-electron chi connectivity index (χ4n) is 3.21. The fraction of sp³-hybridized carbons (Fsp3) is 0.250. The summed E-state index contributed by atoms with van der Waals surface area (Å²) in [4.78, 5) is 16.4. The predicted octanol–water partition coefficient (Wildman–Crippen LogP) is 3.00. The Hall–Kier alpha value is -2.41. The Kier molecular flexibility index (Phi) is 7.99. The van der Waals surface area contributed by atoms with E-state index in [9.17, 15) is 4.79 Å². The summed E-state index contributed by atoms with van der Waals surface area (Å²) in [6.07, 6.45) is 6.39. The maximum absolute atomic E-state index is 12.4. The molecule has 1 aromatic carbocycles. The quantitative estimate of drug-likeness (QED) is 0.666. The zero-order valence-electron chi connectivity index (χ0n) is 15.2. The molecule has 1 unspecified atom stereocenters. The van der Waals surface area contributed by atoms with Crippen LogP contribution in [0.2, 0.25) is 0 Å². The van der Waals surface area contributed by atoms with Gasteiger partial charge in [-0.1, -0.05) is 18.2 Å². The van der Waals surface area contributed by atoms with Gasteiger partial charge in [0.05, 0.1) is 17.3 Å². The molecule has 3 heterocycles. The average Bonchev–Trinajstić information content (AvgIpc) is 3.38. The van der Waals surface area contributed by atoms with Crippen molar-refractivity contribution in [1.29, 1.82) is 0 Å². The van der Waals surface area contributed by atoms with Crippen LogP contribution >= 0.6 is 24.8 Å². The number of hydrogen-bond acceptors (Lipinski definition) is 4. The number of rotatable bonds is 5.